The van der Waals surface area contributed by atoms with Crippen molar-refractivity contribution in [3.05, 3.63) is 95.2 Å². The summed E-state index contributed by atoms with van der Waals surface area (Å²) in [5.41, 5.74) is 3.13. The monoisotopic (exact) mass is 426 g/mol. The maximum atomic E-state index is 14.1. The van der Waals surface area contributed by atoms with E-state index in [1.165, 1.54) is 4.90 Å². The number of hydrogen-bond acceptors (Lipinski definition) is 5. The second-order valence-electron chi connectivity index (χ2n) is 8.53. The molecule has 32 heavy (non-hydrogen) atoms. The number of ether oxygens (including phenoxy) is 2. The zero-order chi connectivity index (χ0) is 22.0. The molecule has 0 unspecified atom stereocenters. The van der Waals surface area contributed by atoms with E-state index in [2.05, 4.69) is 17.1 Å². The Morgan fingerprint density at radius 3 is 2.00 bits per heavy atom. The minimum absolute atomic E-state index is 0.214. The molecule has 6 nitrogen and oxygen atoms in total. The fraction of sp³-hybridized carbons (Fsp3) is 0.269. The van der Waals surface area contributed by atoms with Crippen molar-refractivity contribution >= 4 is 17.6 Å². The maximum Gasteiger partial charge on any atom is 0.240 e. The van der Waals surface area contributed by atoms with Gasteiger partial charge in [-0.05, 0) is 34.4 Å². The second-order valence-corrected chi connectivity index (χ2v) is 8.53. The van der Waals surface area contributed by atoms with Gasteiger partial charge < -0.3 is 9.47 Å². The van der Waals surface area contributed by atoms with Crippen molar-refractivity contribution in [1.29, 1.82) is 0 Å². The van der Waals surface area contributed by atoms with Crippen LogP contribution in [0.4, 0.5) is 5.82 Å². The Hall–Kier alpha value is -3.35. The zero-order valence-electron chi connectivity index (χ0n) is 17.8. The van der Waals surface area contributed by atoms with Crippen molar-refractivity contribution in [3.63, 3.8) is 0 Å². The number of carbonyl (C=O) groups is 2. The van der Waals surface area contributed by atoms with Crippen LogP contribution in [0.25, 0.3) is 0 Å². The SMILES string of the molecule is COC(OC)C12c3ccccc3C(c3ccccc31)[C@@H]1C(=O)N(c3ccccn3)C(=O)[C@H]12. The van der Waals surface area contributed by atoms with E-state index in [4.69, 9.17) is 9.47 Å². The molecule has 6 heteroatoms. The van der Waals surface area contributed by atoms with Crippen LogP contribution in [0.3, 0.4) is 0 Å². The van der Waals surface area contributed by atoms with Gasteiger partial charge in [-0.15, -0.1) is 0 Å². The number of methoxy groups -OCH3 is 2. The van der Waals surface area contributed by atoms with Crippen molar-refractivity contribution < 1.29 is 19.1 Å². The first kappa shape index (κ1) is 19.3. The van der Waals surface area contributed by atoms with Gasteiger partial charge in [0, 0.05) is 26.3 Å². The molecule has 2 heterocycles. The summed E-state index contributed by atoms with van der Waals surface area (Å²) in [6.45, 7) is 0. The van der Waals surface area contributed by atoms with Crippen molar-refractivity contribution in [1.82, 2.24) is 4.98 Å². The molecule has 1 fully saturated rings. The van der Waals surface area contributed by atoms with Gasteiger partial charge in [0.05, 0.1) is 17.3 Å². The topological polar surface area (TPSA) is 68.7 Å². The summed E-state index contributed by atoms with van der Waals surface area (Å²) in [4.78, 5) is 33.5. The Bertz CT molecular complexity index is 1190. The van der Waals surface area contributed by atoms with Gasteiger partial charge in [0.1, 0.15) is 5.82 Å². The van der Waals surface area contributed by atoms with Crippen LogP contribution in [-0.2, 0) is 24.5 Å². The van der Waals surface area contributed by atoms with Gasteiger partial charge in [-0.2, -0.15) is 0 Å². The van der Waals surface area contributed by atoms with E-state index in [0.29, 0.717) is 5.82 Å². The highest BCUT2D eigenvalue weighted by Crippen LogP contribution is 2.65. The van der Waals surface area contributed by atoms with Crippen molar-refractivity contribution in [3.8, 4) is 0 Å². The largest absolute Gasteiger partial charge is 0.355 e. The minimum Gasteiger partial charge on any atom is -0.355 e. The zero-order valence-corrected chi connectivity index (χ0v) is 17.8. The van der Waals surface area contributed by atoms with Crippen molar-refractivity contribution in [2.24, 2.45) is 11.8 Å². The lowest BCUT2D eigenvalue weighted by atomic mass is 9.47. The Labute approximate surface area is 185 Å². The molecule has 1 aromatic heterocycles. The molecule has 3 aliphatic carbocycles. The molecule has 3 aromatic rings. The number of pyridine rings is 1. The average Bonchev–Trinajstić information content (AvgIpc) is 3.11. The van der Waals surface area contributed by atoms with Crippen LogP contribution in [0.5, 0.6) is 0 Å². The smallest absolute Gasteiger partial charge is 0.240 e. The van der Waals surface area contributed by atoms with Crippen LogP contribution < -0.4 is 4.90 Å². The molecule has 2 aromatic carbocycles. The molecule has 0 N–H and O–H groups in total. The Morgan fingerprint density at radius 1 is 0.844 bits per heavy atom. The van der Waals surface area contributed by atoms with Gasteiger partial charge in [-0.3, -0.25) is 9.59 Å². The molecule has 2 atom stereocenters. The number of rotatable bonds is 4. The molecular weight excluding hydrogens is 404 g/mol. The van der Waals surface area contributed by atoms with Gasteiger partial charge in [0.15, 0.2) is 6.29 Å². The lowest BCUT2D eigenvalue weighted by Gasteiger charge is -2.56. The molecule has 0 radical (unpaired) electrons. The first-order valence-electron chi connectivity index (χ1n) is 10.7. The highest BCUT2D eigenvalue weighted by molar-refractivity contribution is 6.23. The van der Waals surface area contributed by atoms with Crippen LogP contribution in [0.1, 0.15) is 28.2 Å². The number of benzene rings is 2. The fourth-order valence-corrected chi connectivity index (χ4v) is 6.41. The first-order chi connectivity index (χ1) is 15.7. The van der Waals surface area contributed by atoms with Gasteiger partial charge in [-0.25, -0.2) is 9.88 Å². The number of carbonyl (C=O) groups excluding carboxylic acids is 2. The molecule has 1 aliphatic heterocycles. The summed E-state index contributed by atoms with van der Waals surface area (Å²) in [5, 5.41) is 0. The number of amides is 2. The van der Waals surface area contributed by atoms with E-state index in [1.54, 1.807) is 38.6 Å². The third-order valence-corrected chi connectivity index (χ3v) is 7.36. The van der Waals surface area contributed by atoms with Crippen LogP contribution in [0.2, 0.25) is 0 Å². The summed E-state index contributed by atoms with van der Waals surface area (Å²) in [6.07, 6.45) is 0.845. The number of aromatic nitrogens is 1. The quantitative estimate of drug-likeness (QED) is 0.473. The third kappa shape index (κ3) is 2.13. The first-order valence-corrected chi connectivity index (χ1v) is 10.7. The highest BCUT2D eigenvalue weighted by atomic mass is 16.7. The highest BCUT2D eigenvalue weighted by Gasteiger charge is 2.71. The molecule has 7 rings (SSSR count). The molecule has 0 spiro atoms. The predicted molar refractivity (Wildman–Crippen MR) is 117 cm³/mol. The summed E-state index contributed by atoms with van der Waals surface area (Å²) in [6, 6.07) is 21.4. The third-order valence-electron chi connectivity index (χ3n) is 7.36. The summed E-state index contributed by atoms with van der Waals surface area (Å²) in [7, 11) is 3.17. The number of nitrogens with zero attached hydrogens (tertiary/aromatic N) is 2. The van der Waals surface area contributed by atoms with Gasteiger partial charge >= 0.3 is 0 Å². The molecule has 2 bridgehead atoms. The molecule has 4 aliphatic rings. The summed E-state index contributed by atoms with van der Waals surface area (Å²) >= 11 is 0. The molecule has 1 saturated heterocycles. The lowest BCUT2D eigenvalue weighted by Crippen LogP contribution is -2.60. The number of anilines is 1. The van der Waals surface area contributed by atoms with E-state index in [0.717, 1.165) is 22.3 Å². The Morgan fingerprint density at radius 2 is 1.44 bits per heavy atom. The van der Waals surface area contributed by atoms with Crippen LogP contribution >= 0.6 is 0 Å². The normalized spacial score (nSPS) is 27.5. The maximum absolute atomic E-state index is 14.1. The standard InChI is InChI=1S/C26H22N2O4/c1-31-25(32-2)26-17-11-5-3-9-15(17)20(16-10-4-6-12-18(16)26)21-22(26)24(30)28(23(21)29)19-13-7-8-14-27-19/h3-14,20-22,25H,1-2H3/t20?,21-,22-,26?/m0/s1. The number of hydrogen-bond donors (Lipinski definition) is 0. The van der Waals surface area contributed by atoms with E-state index in [-0.39, 0.29) is 17.7 Å². The van der Waals surface area contributed by atoms with Gasteiger partial charge in [0.25, 0.3) is 0 Å². The molecular formula is C26H22N2O4. The Kier molecular flexibility index (Phi) is 4.12. The van der Waals surface area contributed by atoms with E-state index in [1.807, 2.05) is 36.4 Å². The summed E-state index contributed by atoms with van der Waals surface area (Å²) < 4.78 is 11.8. The predicted octanol–water partition coefficient (Wildman–Crippen LogP) is 3.25. The Balaban J connectivity index is 1.69. The van der Waals surface area contributed by atoms with Gasteiger partial charge in [0.2, 0.25) is 11.8 Å². The van der Waals surface area contributed by atoms with Gasteiger partial charge in [-0.1, -0.05) is 54.6 Å². The van der Waals surface area contributed by atoms with Crippen molar-refractivity contribution in [2.45, 2.75) is 17.6 Å². The second kappa shape index (κ2) is 6.82. The average molecular weight is 426 g/mol. The van der Waals surface area contributed by atoms with E-state index >= 15 is 0 Å². The van der Waals surface area contributed by atoms with E-state index < -0.39 is 23.5 Å². The lowest BCUT2D eigenvalue weighted by molar-refractivity contribution is -0.168. The summed E-state index contributed by atoms with van der Waals surface area (Å²) in [5.74, 6) is -1.55. The molecule has 2 amide bonds. The van der Waals surface area contributed by atoms with Crippen molar-refractivity contribution in [2.75, 3.05) is 19.1 Å². The number of imide groups is 1. The van der Waals surface area contributed by atoms with Crippen LogP contribution in [-0.4, -0.2) is 37.3 Å². The van der Waals surface area contributed by atoms with E-state index in [9.17, 15) is 9.59 Å². The molecule has 0 saturated carbocycles. The molecule has 160 valence electrons. The van der Waals surface area contributed by atoms with Crippen LogP contribution in [0.15, 0.2) is 72.9 Å². The van der Waals surface area contributed by atoms with Crippen LogP contribution in [0, 0.1) is 11.8 Å². The fourth-order valence-electron chi connectivity index (χ4n) is 6.41. The minimum atomic E-state index is -0.952.